The van der Waals surface area contributed by atoms with Crippen molar-refractivity contribution in [2.24, 2.45) is 0 Å². The maximum absolute atomic E-state index is 9.50. The number of aromatic nitrogens is 2. The monoisotopic (exact) mass is 542 g/mol. The van der Waals surface area contributed by atoms with Gasteiger partial charge in [0.15, 0.2) is 0 Å². The zero-order valence-electron chi connectivity index (χ0n) is 23.7. The van der Waals surface area contributed by atoms with Crippen LogP contribution < -0.4 is 19.9 Å². The third kappa shape index (κ3) is 5.01. The third-order valence-electron chi connectivity index (χ3n) is 9.53. The van der Waals surface area contributed by atoms with Gasteiger partial charge in [0, 0.05) is 61.0 Å². The molecule has 3 fully saturated rings. The minimum absolute atomic E-state index is 0.211. The number of likely N-dealkylation sites (N-methyl/N-ethyl adjacent to an activating group) is 1. The molecule has 0 spiro atoms. The van der Waals surface area contributed by atoms with Crippen molar-refractivity contribution in [2.75, 3.05) is 56.2 Å². The van der Waals surface area contributed by atoms with E-state index >= 15 is 0 Å². The molecule has 0 saturated carbocycles. The van der Waals surface area contributed by atoms with Gasteiger partial charge in [0.25, 0.3) is 0 Å². The van der Waals surface area contributed by atoms with Gasteiger partial charge >= 0.3 is 6.01 Å². The molecular weight excluding hydrogens is 500 g/mol. The summed E-state index contributed by atoms with van der Waals surface area (Å²) in [6, 6.07) is 15.2. The van der Waals surface area contributed by atoms with Gasteiger partial charge in [-0.1, -0.05) is 30.3 Å². The Hall–Kier alpha value is -2.94. The fourth-order valence-electron chi connectivity index (χ4n) is 7.39. The average Bonchev–Trinajstić information content (AvgIpc) is 3.56. The largest absolute Gasteiger partial charge is 0.462 e. The Bertz CT molecular complexity index is 1350. The van der Waals surface area contributed by atoms with E-state index in [0.717, 1.165) is 63.5 Å². The summed E-state index contributed by atoms with van der Waals surface area (Å²) in [6.07, 6.45) is 7.47. The predicted octanol–water partition coefficient (Wildman–Crippen LogP) is 3.53. The van der Waals surface area contributed by atoms with Crippen LogP contribution in [0.15, 0.2) is 36.4 Å². The molecule has 0 radical (unpaired) electrons. The van der Waals surface area contributed by atoms with Crippen LogP contribution in [-0.4, -0.2) is 84.5 Å². The van der Waals surface area contributed by atoms with Crippen LogP contribution in [0.1, 0.15) is 48.9 Å². The summed E-state index contributed by atoms with van der Waals surface area (Å²) in [4.78, 5) is 17.5. The molecule has 1 aromatic heterocycles. The molecular formula is C32H42N6O2. The number of nitrogens with zero attached hydrogens (tertiary/aromatic N) is 5. The summed E-state index contributed by atoms with van der Waals surface area (Å²) >= 11 is 0. The number of aliphatic hydroxyl groups excluding tert-OH is 1. The second-order valence-electron chi connectivity index (χ2n) is 12.2. The van der Waals surface area contributed by atoms with E-state index in [1.165, 1.54) is 53.3 Å². The number of hydrogen-bond acceptors (Lipinski definition) is 8. The Morgan fingerprint density at radius 2 is 1.82 bits per heavy atom. The Morgan fingerprint density at radius 3 is 2.60 bits per heavy atom. The first kappa shape index (κ1) is 26.0. The maximum atomic E-state index is 9.50. The number of fused-ring (bicyclic) bond motifs is 4. The van der Waals surface area contributed by atoms with Crippen LogP contribution in [0.25, 0.3) is 10.8 Å². The molecule has 2 aromatic carbocycles. The highest BCUT2D eigenvalue weighted by molar-refractivity contribution is 5.97. The number of benzene rings is 2. The fraction of sp³-hybridized carbons (Fsp3) is 0.562. The normalized spacial score (nSPS) is 24.6. The molecule has 3 aromatic rings. The summed E-state index contributed by atoms with van der Waals surface area (Å²) in [7, 11) is 2.19. The lowest BCUT2D eigenvalue weighted by atomic mass is 9.97. The van der Waals surface area contributed by atoms with Gasteiger partial charge in [-0.05, 0) is 75.6 Å². The van der Waals surface area contributed by atoms with Crippen LogP contribution in [0.4, 0.5) is 11.5 Å². The van der Waals surface area contributed by atoms with Gasteiger partial charge in [-0.15, -0.1) is 0 Å². The lowest BCUT2D eigenvalue weighted by Gasteiger charge is -2.37. The first-order valence-electron chi connectivity index (χ1n) is 15.3. The van der Waals surface area contributed by atoms with E-state index < -0.39 is 0 Å². The molecule has 40 heavy (non-hydrogen) atoms. The lowest BCUT2D eigenvalue weighted by molar-refractivity contribution is 0.187. The van der Waals surface area contributed by atoms with Gasteiger partial charge < -0.3 is 29.9 Å². The number of hydrogen-bond donors (Lipinski definition) is 2. The summed E-state index contributed by atoms with van der Waals surface area (Å²) in [5.74, 6) is 1.10. The van der Waals surface area contributed by atoms with Gasteiger partial charge in [-0.3, -0.25) is 0 Å². The van der Waals surface area contributed by atoms with Crippen molar-refractivity contribution in [3.63, 3.8) is 0 Å². The zero-order valence-corrected chi connectivity index (χ0v) is 23.7. The molecule has 3 saturated heterocycles. The molecule has 4 aliphatic rings. The predicted molar refractivity (Wildman–Crippen MR) is 159 cm³/mol. The number of likely N-dealkylation sites (tertiary alicyclic amines) is 1. The van der Waals surface area contributed by atoms with Crippen LogP contribution in [0.2, 0.25) is 0 Å². The molecule has 212 valence electrons. The molecule has 2 bridgehead atoms. The van der Waals surface area contributed by atoms with E-state index in [9.17, 15) is 5.11 Å². The number of nitrogens with one attached hydrogen (secondary N) is 1. The average molecular weight is 543 g/mol. The topological polar surface area (TPSA) is 77.0 Å². The van der Waals surface area contributed by atoms with Crippen LogP contribution in [-0.2, 0) is 19.4 Å². The number of ether oxygens (including phenoxy) is 1. The van der Waals surface area contributed by atoms with E-state index in [4.69, 9.17) is 14.7 Å². The van der Waals surface area contributed by atoms with Crippen molar-refractivity contribution in [1.82, 2.24) is 20.2 Å². The summed E-state index contributed by atoms with van der Waals surface area (Å²) in [5, 5.41) is 15.8. The smallest absolute Gasteiger partial charge is 0.318 e. The zero-order chi connectivity index (χ0) is 27.1. The molecule has 4 aliphatic heterocycles. The summed E-state index contributed by atoms with van der Waals surface area (Å²) in [6.45, 7) is 5.68. The van der Waals surface area contributed by atoms with Crippen molar-refractivity contribution >= 4 is 22.3 Å². The van der Waals surface area contributed by atoms with Crippen LogP contribution in [0.5, 0.6) is 6.01 Å². The van der Waals surface area contributed by atoms with Crippen molar-refractivity contribution in [1.29, 1.82) is 0 Å². The highest BCUT2D eigenvalue weighted by Crippen LogP contribution is 2.37. The standard InChI is InChI=1S/C32H42N6O2/c1-36-15-4-10-26(36)21-40-32-34-28-20-37(29-11-3-8-22-6-2-7-23(30(22)29)9-5-17-39)16-14-27(28)31(35-32)38-18-24-12-13-25(19-38)33-24/h2-3,6-8,11,24-26,33,39H,4-5,9-10,12-21H2,1H3/t24-,25+,26?. The van der Waals surface area contributed by atoms with Gasteiger partial charge in [0.05, 0.1) is 12.2 Å². The quantitative estimate of drug-likeness (QED) is 0.448. The van der Waals surface area contributed by atoms with Crippen LogP contribution >= 0.6 is 0 Å². The number of aryl methyl sites for hydroxylation is 1. The molecule has 7 rings (SSSR count). The maximum Gasteiger partial charge on any atom is 0.318 e. The highest BCUT2D eigenvalue weighted by atomic mass is 16.5. The van der Waals surface area contributed by atoms with Crippen molar-refractivity contribution < 1.29 is 9.84 Å². The minimum Gasteiger partial charge on any atom is -0.462 e. The van der Waals surface area contributed by atoms with Crippen molar-refractivity contribution in [3.05, 3.63) is 53.2 Å². The Labute approximate surface area is 237 Å². The van der Waals surface area contributed by atoms with Crippen molar-refractivity contribution in [2.45, 2.75) is 69.6 Å². The van der Waals surface area contributed by atoms with E-state index in [0.29, 0.717) is 30.7 Å². The van der Waals surface area contributed by atoms with Crippen LogP contribution in [0, 0.1) is 0 Å². The number of piperazine rings is 1. The van der Waals surface area contributed by atoms with E-state index in [1.54, 1.807) is 0 Å². The second-order valence-corrected chi connectivity index (χ2v) is 12.2. The van der Waals surface area contributed by atoms with Gasteiger partial charge in [0.2, 0.25) is 0 Å². The molecule has 3 atom stereocenters. The Morgan fingerprint density at radius 1 is 1.00 bits per heavy atom. The Kier molecular flexibility index (Phi) is 7.24. The first-order chi connectivity index (χ1) is 19.7. The number of anilines is 2. The molecule has 8 heteroatoms. The molecule has 5 heterocycles. The third-order valence-corrected chi connectivity index (χ3v) is 9.53. The minimum atomic E-state index is 0.211. The summed E-state index contributed by atoms with van der Waals surface area (Å²) < 4.78 is 6.35. The van der Waals surface area contributed by atoms with E-state index in [-0.39, 0.29) is 6.61 Å². The van der Waals surface area contributed by atoms with Crippen molar-refractivity contribution in [3.8, 4) is 6.01 Å². The van der Waals surface area contributed by atoms with Gasteiger partial charge in [0.1, 0.15) is 12.4 Å². The Balaban J connectivity index is 1.22. The molecule has 1 unspecified atom stereocenters. The van der Waals surface area contributed by atoms with E-state index in [1.807, 2.05) is 0 Å². The summed E-state index contributed by atoms with van der Waals surface area (Å²) in [5.41, 5.74) is 4.95. The number of rotatable bonds is 8. The lowest BCUT2D eigenvalue weighted by Crippen LogP contribution is -2.52. The molecule has 2 N–H and O–H groups in total. The SMILES string of the molecule is CN1CCCC1COc1nc2c(c(N3C[C@H]4CC[C@@H](C3)N4)n1)CCN(c1cccc3cccc(CCCO)c13)C2. The highest BCUT2D eigenvalue weighted by Gasteiger charge is 2.35. The molecule has 8 nitrogen and oxygen atoms in total. The van der Waals surface area contributed by atoms with Crippen LogP contribution in [0.3, 0.4) is 0 Å². The molecule has 0 aliphatic carbocycles. The van der Waals surface area contributed by atoms with Gasteiger partial charge in [-0.2, -0.15) is 9.97 Å². The fourth-order valence-corrected chi connectivity index (χ4v) is 7.39. The second kappa shape index (κ2) is 11.1. The first-order valence-corrected chi connectivity index (χ1v) is 15.3. The van der Waals surface area contributed by atoms with Gasteiger partial charge in [-0.25, -0.2) is 0 Å². The molecule has 0 amide bonds. The van der Waals surface area contributed by atoms with E-state index in [2.05, 4.69) is 63.5 Å². The number of aliphatic hydroxyl groups is 1.